The average Bonchev–Trinajstić information content (AvgIpc) is 2.51. The van der Waals surface area contributed by atoms with Gasteiger partial charge in [-0.05, 0) is 62.8 Å². The van der Waals surface area contributed by atoms with Gasteiger partial charge in [0.15, 0.2) is 0 Å². The van der Waals surface area contributed by atoms with Crippen molar-refractivity contribution in [3.8, 4) is 0 Å². The van der Waals surface area contributed by atoms with E-state index >= 15 is 0 Å². The predicted molar refractivity (Wildman–Crippen MR) is 93.7 cm³/mol. The second-order valence-corrected chi connectivity index (χ2v) is 8.28. The van der Waals surface area contributed by atoms with Crippen LogP contribution in [0.5, 0.6) is 0 Å². The van der Waals surface area contributed by atoms with Gasteiger partial charge >= 0.3 is 15.5 Å². The molecule has 4 nitrogen and oxygen atoms in total. The van der Waals surface area contributed by atoms with E-state index in [9.17, 15) is 21.6 Å². The summed E-state index contributed by atoms with van der Waals surface area (Å²) in [5.41, 5.74) is 5.92. The first-order chi connectivity index (χ1) is 11.4. The molecule has 0 aliphatic heterocycles. The van der Waals surface area contributed by atoms with Crippen LogP contribution in [-0.2, 0) is 29.5 Å². The zero-order valence-corrected chi connectivity index (χ0v) is 18.0. The topological polar surface area (TPSA) is 72.2 Å². The van der Waals surface area contributed by atoms with Gasteiger partial charge in [-0.15, -0.1) is 0 Å². The molecular weight excluding hydrogens is 454 g/mol. The number of benzene rings is 1. The summed E-state index contributed by atoms with van der Waals surface area (Å²) in [5.74, 6) is 0. The summed E-state index contributed by atoms with van der Waals surface area (Å²) < 4.78 is 59.2. The maximum Gasteiger partial charge on any atom is 0.511 e. The van der Waals surface area contributed by atoms with Crippen molar-refractivity contribution in [2.75, 3.05) is 0 Å². The molecule has 0 radical (unpaired) electrons. The Bertz CT molecular complexity index is 667. The van der Waals surface area contributed by atoms with Crippen molar-refractivity contribution >= 4 is 10.0 Å². The van der Waals surface area contributed by atoms with Crippen molar-refractivity contribution in [3.63, 3.8) is 0 Å². The Morgan fingerprint density at radius 2 is 1.42 bits per heavy atom. The number of hydrogen-bond acceptors (Lipinski definition) is 3. The Labute approximate surface area is 166 Å². The maximum atomic E-state index is 12.0. The average molecular weight is 482 g/mol. The van der Waals surface area contributed by atoms with Crippen molar-refractivity contribution < 1.29 is 41.1 Å². The van der Waals surface area contributed by atoms with Crippen molar-refractivity contribution in [1.82, 2.24) is 4.72 Å². The van der Waals surface area contributed by atoms with E-state index in [4.69, 9.17) is 5.73 Å². The first-order valence-corrected chi connectivity index (χ1v) is 9.72. The molecule has 2 rings (SSSR count). The monoisotopic (exact) mass is 482 g/mol. The molecule has 1 aromatic rings. The molecule has 0 unspecified atom stereocenters. The zero-order valence-electron chi connectivity index (χ0n) is 15.4. The first kappa shape index (κ1) is 25.5. The number of alkyl halides is 3. The van der Waals surface area contributed by atoms with E-state index in [-0.39, 0.29) is 19.5 Å². The van der Waals surface area contributed by atoms with E-state index in [1.165, 1.54) is 22.3 Å². The van der Waals surface area contributed by atoms with Crippen LogP contribution in [0.15, 0.2) is 12.1 Å². The molecule has 1 aliphatic carbocycles. The van der Waals surface area contributed by atoms with E-state index in [0.717, 1.165) is 6.42 Å². The van der Waals surface area contributed by atoms with Crippen LogP contribution in [0.25, 0.3) is 0 Å². The largest absolute Gasteiger partial charge is 0.511 e. The number of halogens is 3. The number of sulfonamides is 1. The summed E-state index contributed by atoms with van der Waals surface area (Å²) in [4.78, 5) is 0. The van der Waals surface area contributed by atoms with Crippen LogP contribution >= 0.6 is 0 Å². The van der Waals surface area contributed by atoms with E-state index in [0.29, 0.717) is 19.3 Å². The number of hydrogen-bond donors (Lipinski definition) is 2. The molecule has 1 aliphatic rings. The maximum absolute atomic E-state index is 12.0. The molecular formula is C17H27F3N2O2RuS. The normalized spacial score (nSPS) is 20.6. The van der Waals surface area contributed by atoms with Crippen LogP contribution in [0.3, 0.4) is 0 Å². The molecule has 0 spiro atoms. The molecule has 1 saturated carbocycles. The SMILES string of the molecule is Cc1ccc(C)c(C)c1C.N[C@@H]1CCCC[C@H]1NS(=O)(=O)C(F)(F)F.[Ru]. The summed E-state index contributed by atoms with van der Waals surface area (Å²) in [6.07, 6.45) is 2.42. The molecule has 26 heavy (non-hydrogen) atoms. The fourth-order valence-electron chi connectivity index (χ4n) is 2.66. The second kappa shape index (κ2) is 10.2. The van der Waals surface area contributed by atoms with Gasteiger partial charge in [0.05, 0.1) is 0 Å². The Balaban J connectivity index is 0.000000497. The molecule has 1 fully saturated rings. The van der Waals surface area contributed by atoms with Crippen LogP contribution in [0.4, 0.5) is 13.2 Å². The van der Waals surface area contributed by atoms with Crippen LogP contribution < -0.4 is 10.5 Å². The fraction of sp³-hybridized carbons (Fsp3) is 0.647. The summed E-state index contributed by atoms with van der Waals surface area (Å²) in [7, 11) is -5.26. The number of nitrogens with two attached hydrogens (primary N) is 1. The van der Waals surface area contributed by atoms with Crippen LogP contribution in [0.2, 0.25) is 0 Å². The van der Waals surface area contributed by atoms with Gasteiger partial charge in [0.1, 0.15) is 0 Å². The third-order valence-electron chi connectivity index (χ3n) is 4.76. The third kappa shape index (κ3) is 6.91. The smallest absolute Gasteiger partial charge is 0.326 e. The molecule has 3 N–H and O–H groups in total. The van der Waals surface area contributed by atoms with Gasteiger partial charge in [-0.3, -0.25) is 0 Å². The Morgan fingerprint density at radius 1 is 1.00 bits per heavy atom. The summed E-state index contributed by atoms with van der Waals surface area (Å²) in [6, 6.07) is 3.02. The van der Waals surface area contributed by atoms with Crippen LogP contribution in [0, 0.1) is 27.7 Å². The van der Waals surface area contributed by atoms with E-state index in [2.05, 4.69) is 39.8 Å². The zero-order chi connectivity index (χ0) is 19.4. The first-order valence-electron chi connectivity index (χ1n) is 8.24. The van der Waals surface area contributed by atoms with Gasteiger partial charge in [-0.1, -0.05) is 25.0 Å². The van der Waals surface area contributed by atoms with Crippen molar-refractivity contribution in [2.24, 2.45) is 5.73 Å². The van der Waals surface area contributed by atoms with Crippen LogP contribution in [0.1, 0.15) is 47.9 Å². The molecule has 0 bridgehead atoms. The van der Waals surface area contributed by atoms with Gasteiger partial charge in [-0.2, -0.15) is 13.2 Å². The number of rotatable bonds is 2. The fourth-order valence-corrected chi connectivity index (χ4v) is 3.49. The molecule has 152 valence electrons. The van der Waals surface area contributed by atoms with E-state index < -0.39 is 27.6 Å². The minimum Gasteiger partial charge on any atom is -0.326 e. The standard InChI is InChI=1S/C10H14.C7H13F3N2O2S.Ru/c1-7-5-6-8(2)10(4)9(7)3;8-7(9,10)15(13,14)12-6-4-2-1-3-5(6)11;/h5-6H,1-4H3;5-6,12H,1-4,11H2;/t;5-,6-;/m.1./s1. The number of aryl methyl sites for hydroxylation is 2. The Hall–Kier alpha value is -0.497. The van der Waals surface area contributed by atoms with Crippen molar-refractivity contribution in [2.45, 2.75) is 71.0 Å². The minimum atomic E-state index is -5.26. The number of nitrogens with one attached hydrogen (secondary N) is 1. The second-order valence-electron chi connectivity index (χ2n) is 6.57. The third-order valence-corrected chi connectivity index (χ3v) is 5.98. The van der Waals surface area contributed by atoms with Gasteiger partial charge < -0.3 is 5.73 Å². The van der Waals surface area contributed by atoms with Crippen molar-refractivity contribution in [1.29, 1.82) is 0 Å². The van der Waals surface area contributed by atoms with E-state index in [1.54, 1.807) is 4.72 Å². The summed E-state index contributed by atoms with van der Waals surface area (Å²) >= 11 is 0. The van der Waals surface area contributed by atoms with Gasteiger partial charge in [0.2, 0.25) is 0 Å². The Morgan fingerprint density at radius 3 is 1.81 bits per heavy atom. The van der Waals surface area contributed by atoms with E-state index in [1.807, 2.05) is 0 Å². The molecule has 9 heteroatoms. The molecule has 2 atom stereocenters. The van der Waals surface area contributed by atoms with Gasteiger partial charge in [0, 0.05) is 31.6 Å². The molecule has 0 aromatic heterocycles. The van der Waals surface area contributed by atoms with Crippen molar-refractivity contribution in [3.05, 3.63) is 34.4 Å². The predicted octanol–water partition coefficient (Wildman–Crippen LogP) is 3.61. The van der Waals surface area contributed by atoms with Gasteiger partial charge in [0.25, 0.3) is 0 Å². The molecule has 1 aromatic carbocycles. The molecule has 0 heterocycles. The van der Waals surface area contributed by atoms with Crippen LogP contribution in [-0.4, -0.2) is 26.0 Å². The molecule has 0 saturated heterocycles. The quantitative estimate of drug-likeness (QED) is 0.634. The van der Waals surface area contributed by atoms with Gasteiger partial charge in [-0.25, -0.2) is 13.1 Å². The molecule has 0 amide bonds. The minimum absolute atomic E-state index is 0. The summed E-state index contributed by atoms with van der Waals surface area (Å²) in [5, 5.41) is 0. The Kier molecular flexibility index (Phi) is 9.96. The summed E-state index contributed by atoms with van der Waals surface area (Å²) in [6.45, 7) is 8.67.